The number of esters is 1. The molecule has 5 nitrogen and oxygen atoms in total. The second-order valence-corrected chi connectivity index (χ2v) is 10.4. The summed E-state index contributed by atoms with van der Waals surface area (Å²) < 4.78 is 7.03. The maximum absolute atomic E-state index is 13.8. The van der Waals surface area contributed by atoms with Crippen molar-refractivity contribution in [2.45, 2.75) is 70.4 Å². The summed E-state index contributed by atoms with van der Waals surface area (Å²) in [6.07, 6.45) is 8.46. The average molecular weight is 471 g/mol. The van der Waals surface area contributed by atoms with Crippen molar-refractivity contribution in [3.63, 3.8) is 0 Å². The second kappa shape index (κ2) is 10.7. The monoisotopic (exact) mass is 470 g/mol. The van der Waals surface area contributed by atoms with Crippen LogP contribution in [0.3, 0.4) is 0 Å². The van der Waals surface area contributed by atoms with Gasteiger partial charge in [0.05, 0.1) is 23.4 Å². The minimum Gasteiger partial charge on any atom is -0.465 e. The highest BCUT2D eigenvalue weighted by Crippen LogP contribution is 2.34. The number of carbonyl (C=O) groups is 1. The normalized spacial score (nSPS) is 13.7. The Hall–Kier alpha value is -2.12. The smallest absolute Gasteiger partial charge is 0.316 e. The third kappa shape index (κ3) is 5.09. The summed E-state index contributed by atoms with van der Waals surface area (Å²) in [4.78, 5) is 33.0. The summed E-state index contributed by atoms with van der Waals surface area (Å²) in [7, 11) is 0. The molecule has 0 aliphatic heterocycles. The van der Waals surface area contributed by atoms with Crippen molar-refractivity contribution in [1.29, 1.82) is 0 Å². The number of rotatable bonds is 8. The lowest BCUT2D eigenvalue weighted by atomic mass is 10.1. The second-order valence-electron chi connectivity index (χ2n) is 8.33. The van der Waals surface area contributed by atoms with E-state index in [4.69, 9.17) is 9.72 Å². The van der Waals surface area contributed by atoms with Gasteiger partial charge in [0, 0.05) is 4.88 Å². The van der Waals surface area contributed by atoms with Gasteiger partial charge in [0.1, 0.15) is 4.83 Å². The van der Waals surface area contributed by atoms with Gasteiger partial charge in [0.2, 0.25) is 0 Å². The Labute approximate surface area is 197 Å². The van der Waals surface area contributed by atoms with Gasteiger partial charge in [-0.25, -0.2) is 4.98 Å². The average Bonchev–Trinajstić information content (AvgIpc) is 2.97. The number of hydrogen-bond donors (Lipinski definition) is 0. The van der Waals surface area contributed by atoms with Crippen molar-refractivity contribution in [2.24, 2.45) is 0 Å². The fraction of sp³-hybridized carbons (Fsp3) is 0.480. The molecule has 1 aliphatic carbocycles. The summed E-state index contributed by atoms with van der Waals surface area (Å²) >= 11 is 2.93. The molecule has 0 spiro atoms. The standard InChI is InChI=1S/C25H30N2O3S2/c1-3-4-8-15-30-21(28)16-31-25-26-23-22(19-9-6-5-7-10-20(19)32-23)24(29)27(25)18-13-11-17(2)12-14-18/h11-14H,3-10,15-16H2,1-2H3. The van der Waals surface area contributed by atoms with Gasteiger partial charge >= 0.3 is 5.97 Å². The Morgan fingerprint density at radius 3 is 2.72 bits per heavy atom. The number of hydrogen-bond acceptors (Lipinski definition) is 6. The summed E-state index contributed by atoms with van der Waals surface area (Å²) in [5.41, 5.74) is 3.07. The van der Waals surface area contributed by atoms with Crippen LogP contribution in [0.1, 0.15) is 61.5 Å². The molecule has 0 saturated heterocycles. The van der Waals surface area contributed by atoms with Gasteiger partial charge in [-0.2, -0.15) is 0 Å². The Balaban J connectivity index is 1.70. The van der Waals surface area contributed by atoms with E-state index in [2.05, 4.69) is 6.92 Å². The van der Waals surface area contributed by atoms with E-state index in [-0.39, 0.29) is 17.3 Å². The van der Waals surface area contributed by atoms with Crippen LogP contribution in [0.5, 0.6) is 0 Å². The molecule has 3 aromatic rings. The van der Waals surface area contributed by atoms with E-state index >= 15 is 0 Å². The third-order valence-electron chi connectivity index (χ3n) is 5.83. The van der Waals surface area contributed by atoms with Crippen molar-refractivity contribution < 1.29 is 9.53 Å². The number of aromatic nitrogens is 2. The molecule has 1 aliphatic rings. The molecule has 0 unspecified atom stereocenters. The lowest BCUT2D eigenvalue weighted by Crippen LogP contribution is -2.22. The van der Waals surface area contributed by atoms with Gasteiger partial charge in [-0.3, -0.25) is 14.2 Å². The Bertz CT molecular complexity index is 1150. The van der Waals surface area contributed by atoms with Crippen molar-refractivity contribution in [3.05, 3.63) is 50.6 Å². The molecule has 7 heteroatoms. The summed E-state index contributed by atoms with van der Waals surface area (Å²) in [6.45, 7) is 4.59. The zero-order valence-corrected chi connectivity index (χ0v) is 20.4. The first kappa shape index (κ1) is 23.1. The SMILES string of the molecule is CCCCCOC(=O)CSc1nc2sc3c(c2c(=O)n1-c1ccc(C)cc1)CCCCC3. The van der Waals surface area contributed by atoms with Crippen LogP contribution in [0, 0.1) is 6.92 Å². The van der Waals surface area contributed by atoms with Crippen molar-refractivity contribution in [2.75, 3.05) is 12.4 Å². The fourth-order valence-corrected chi connectivity index (χ4v) is 6.20. The topological polar surface area (TPSA) is 61.2 Å². The molecule has 0 amide bonds. The first-order chi connectivity index (χ1) is 15.6. The number of nitrogens with zero attached hydrogens (tertiary/aromatic N) is 2. The summed E-state index contributed by atoms with van der Waals surface area (Å²) in [5.74, 6) is -0.126. The van der Waals surface area contributed by atoms with E-state index in [1.807, 2.05) is 31.2 Å². The van der Waals surface area contributed by atoms with Crippen LogP contribution in [0.15, 0.2) is 34.2 Å². The molecule has 2 aromatic heterocycles. The van der Waals surface area contributed by atoms with Crippen LogP contribution in [0.4, 0.5) is 0 Å². The van der Waals surface area contributed by atoms with Crippen LogP contribution in [0.2, 0.25) is 0 Å². The van der Waals surface area contributed by atoms with Crippen molar-refractivity contribution >= 4 is 39.3 Å². The van der Waals surface area contributed by atoms with Crippen LogP contribution in [0.25, 0.3) is 15.9 Å². The van der Waals surface area contributed by atoms with E-state index in [1.54, 1.807) is 15.9 Å². The molecular formula is C25H30N2O3S2. The van der Waals surface area contributed by atoms with Gasteiger partial charge in [-0.1, -0.05) is 55.6 Å². The molecule has 1 aromatic carbocycles. The van der Waals surface area contributed by atoms with Crippen LogP contribution in [-0.2, 0) is 22.4 Å². The molecular weight excluding hydrogens is 440 g/mol. The Morgan fingerprint density at radius 1 is 1.16 bits per heavy atom. The zero-order valence-electron chi connectivity index (χ0n) is 18.8. The van der Waals surface area contributed by atoms with Gasteiger partial charge < -0.3 is 4.74 Å². The number of carbonyl (C=O) groups excluding carboxylic acids is 1. The minimum absolute atomic E-state index is 0.0305. The highest BCUT2D eigenvalue weighted by Gasteiger charge is 2.22. The first-order valence-corrected chi connectivity index (χ1v) is 13.3. The highest BCUT2D eigenvalue weighted by atomic mass is 32.2. The minimum atomic E-state index is -0.266. The van der Waals surface area contributed by atoms with E-state index in [0.717, 1.165) is 66.4 Å². The van der Waals surface area contributed by atoms with Crippen molar-refractivity contribution in [3.8, 4) is 5.69 Å². The zero-order chi connectivity index (χ0) is 22.5. The van der Waals surface area contributed by atoms with E-state index in [1.165, 1.54) is 28.6 Å². The van der Waals surface area contributed by atoms with E-state index < -0.39 is 0 Å². The number of aryl methyl sites for hydroxylation is 3. The van der Waals surface area contributed by atoms with Gasteiger partial charge in [0.25, 0.3) is 5.56 Å². The molecule has 4 rings (SSSR count). The summed E-state index contributed by atoms with van der Waals surface area (Å²) in [6, 6.07) is 7.89. The van der Waals surface area contributed by atoms with Gasteiger partial charge in [-0.15, -0.1) is 11.3 Å². The number of fused-ring (bicyclic) bond motifs is 3. The van der Waals surface area contributed by atoms with Crippen LogP contribution in [-0.4, -0.2) is 27.9 Å². The molecule has 32 heavy (non-hydrogen) atoms. The lowest BCUT2D eigenvalue weighted by molar-refractivity contribution is -0.140. The largest absolute Gasteiger partial charge is 0.465 e. The maximum atomic E-state index is 13.8. The Morgan fingerprint density at radius 2 is 1.94 bits per heavy atom. The van der Waals surface area contributed by atoms with Crippen molar-refractivity contribution in [1.82, 2.24) is 9.55 Å². The Kier molecular flexibility index (Phi) is 7.68. The van der Waals surface area contributed by atoms with Gasteiger partial charge in [0.15, 0.2) is 5.16 Å². The number of benzene rings is 1. The third-order valence-corrected chi connectivity index (χ3v) is 7.93. The quantitative estimate of drug-likeness (QED) is 0.136. The molecule has 0 saturated carbocycles. The molecule has 0 fully saturated rings. The number of thioether (sulfide) groups is 1. The van der Waals surface area contributed by atoms with Gasteiger partial charge in [-0.05, 0) is 56.7 Å². The first-order valence-electron chi connectivity index (χ1n) is 11.5. The molecule has 2 heterocycles. The molecule has 170 valence electrons. The number of unbranched alkanes of at least 4 members (excludes halogenated alkanes) is 2. The highest BCUT2D eigenvalue weighted by molar-refractivity contribution is 7.99. The molecule has 0 radical (unpaired) electrons. The predicted octanol–water partition coefficient (Wildman–Crippen LogP) is 5.85. The molecule has 0 N–H and O–H groups in total. The number of ether oxygens (including phenoxy) is 1. The predicted molar refractivity (Wildman–Crippen MR) is 132 cm³/mol. The van der Waals surface area contributed by atoms with E-state index in [9.17, 15) is 9.59 Å². The van der Waals surface area contributed by atoms with Crippen LogP contribution < -0.4 is 5.56 Å². The maximum Gasteiger partial charge on any atom is 0.316 e. The molecule has 0 bridgehead atoms. The number of thiophene rings is 1. The van der Waals surface area contributed by atoms with Crippen LogP contribution >= 0.6 is 23.1 Å². The summed E-state index contributed by atoms with van der Waals surface area (Å²) in [5, 5.41) is 1.31. The molecule has 0 atom stereocenters. The fourth-order valence-electron chi connectivity index (χ4n) is 4.08. The lowest BCUT2D eigenvalue weighted by Gasteiger charge is -2.13. The van der Waals surface area contributed by atoms with E-state index in [0.29, 0.717) is 11.8 Å².